The van der Waals surface area contributed by atoms with E-state index in [2.05, 4.69) is 43.1 Å². The van der Waals surface area contributed by atoms with Gasteiger partial charge in [-0.3, -0.25) is 4.90 Å². The molecule has 0 spiro atoms. The number of benzene rings is 1. The molecule has 0 aromatic heterocycles. The Labute approximate surface area is 97.4 Å². The Morgan fingerprint density at radius 2 is 2.00 bits per heavy atom. The Morgan fingerprint density at radius 1 is 1.38 bits per heavy atom. The molecule has 0 radical (unpaired) electrons. The molecule has 3 nitrogen and oxygen atoms in total. The first-order valence-electron chi connectivity index (χ1n) is 5.83. The van der Waals surface area contributed by atoms with Crippen LogP contribution in [0, 0.1) is 5.92 Å². The summed E-state index contributed by atoms with van der Waals surface area (Å²) in [6.45, 7) is 3.85. The third kappa shape index (κ3) is 1.56. The van der Waals surface area contributed by atoms with Crippen molar-refractivity contribution < 1.29 is 0 Å². The molecule has 3 atom stereocenters. The van der Waals surface area contributed by atoms with E-state index < -0.39 is 0 Å². The molecule has 3 heteroatoms. The zero-order valence-electron chi connectivity index (χ0n) is 10.1. The molecule has 1 aliphatic rings. The molecule has 16 heavy (non-hydrogen) atoms. The van der Waals surface area contributed by atoms with E-state index in [1.807, 2.05) is 6.07 Å². The largest absolute Gasteiger partial charge is 0.330 e. The maximum absolute atomic E-state index is 6.37. The molecule has 1 heterocycles. The van der Waals surface area contributed by atoms with Crippen molar-refractivity contribution in [2.45, 2.75) is 18.5 Å². The van der Waals surface area contributed by atoms with Gasteiger partial charge in [-0.25, -0.2) is 0 Å². The van der Waals surface area contributed by atoms with Crippen LogP contribution in [0.5, 0.6) is 0 Å². The van der Waals surface area contributed by atoms with Gasteiger partial charge < -0.3 is 11.5 Å². The molecule has 1 fully saturated rings. The van der Waals surface area contributed by atoms with Crippen molar-refractivity contribution in [3.63, 3.8) is 0 Å². The SMILES string of the molecule is CN1CC(CN)C(N)C1(C)c1ccccc1. The number of nitrogens with zero attached hydrogens (tertiary/aromatic N) is 1. The molecule has 0 aliphatic carbocycles. The van der Waals surface area contributed by atoms with Gasteiger partial charge >= 0.3 is 0 Å². The summed E-state index contributed by atoms with van der Waals surface area (Å²) in [6.07, 6.45) is 0. The van der Waals surface area contributed by atoms with Crippen LogP contribution in [0.1, 0.15) is 12.5 Å². The van der Waals surface area contributed by atoms with E-state index in [9.17, 15) is 0 Å². The third-order valence-electron chi connectivity index (χ3n) is 4.12. The summed E-state index contributed by atoms with van der Waals surface area (Å²) in [7, 11) is 2.13. The summed E-state index contributed by atoms with van der Waals surface area (Å²) >= 11 is 0. The number of hydrogen-bond acceptors (Lipinski definition) is 3. The summed E-state index contributed by atoms with van der Waals surface area (Å²) in [5, 5.41) is 0. The van der Waals surface area contributed by atoms with Gasteiger partial charge in [0, 0.05) is 18.5 Å². The van der Waals surface area contributed by atoms with Gasteiger partial charge in [-0.15, -0.1) is 0 Å². The first kappa shape index (κ1) is 11.6. The number of nitrogens with two attached hydrogens (primary N) is 2. The minimum Gasteiger partial charge on any atom is -0.330 e. The number of hydrogen-bond donors (Lipinski definition) is 2. The van der Waals surface area contributed by atoms with Crippen LogP contribution < -0.4 is 11.5 Å². The Bertz CT molecular complexity index is 351. The quantitative estimate of drug-likeness (QED) is 0.771. The smallest absolute Gasteiger partial charge is 0.0585 e. The molecular formula is C13H21N3. The second kappa shape index (κ2) is 4.17. The molecule has 0 bridgehead atoms. The molecule has 4 N–H and O–H groups in total. The molecule has 88 valence electrons. The molecule has 0 amide bonds. The van der Waals surface area contributed by atoms with E-state index in [0.717, 1.165) is 6.54 Å². The number of likely N-dealkylation sites (tertiary alicyclic amines) is 1. The predicted octanol–water partition coefficient (Wildman–Crippen LogP) is 0.749. The summed E-state index contributed by atoms with van der Waals surface area (Å²) in [4.78, 5) is 2.32. The van der Waals surface area contributed by atoms with Gasteiger partial charge in [-0.2, -0.15) is 0 Å². The van der Waals surface area contributed by atoms with Gasteiger partial charge in [0.1, 0.15) is 0 Å². The van der Waals surface area contributed by atoms with Crippen LogP contribution in [0.15, 0.2) is 30.3 Å². The first-order valence-corrected chi connectivity index (χ1v) is 5.83. The summed E-state index contributed by atoms with van der Waals surface area (Å²) in [5.41, 5.74) is 13.3. The highest BCUT2D eigenvalue weighted by atomic mass is 15.2. The van der Waals surface area contributed by atoms with Crippen LogP contribution in [0.3, 0.4) is 0 Å². The zero-order chi connectivity index (χ0) is 11.8. The Morgan fingerprint density at radius 3 is 2.50 bits per heavy atom. The van der Waals surface area contributed by atoms with Crippen molar-refractivity contribution in [1.29, 1.82) is 0 Å². The third-order valence-corrected chi connectivity index (χ3v) is 4.12. The summed E-state index contributed by atoms with van der Waals surface area (Å²) < 4.78 is 0. The van der Waals surface area contributed by atoms with Crippen molar-refractivity contribution in [1.82, 2.24) is 4.90 Å². The minimum atomic E-state index is -0.0920. The molecule has 1 saturated heterocycles. The van der Waals surface area contributed by atoms with E-state index in [4.69, 9.17) is 11.5 Å². The predicted molar refractivity (Wildman–Crippen MR) is 66.9 cm³/mol. The van der Waals surface area contributed by atoms with Gasteiger partial charge in [0.05, 0.1) is 5.54 Å². The van der Waals surface area contributed by atoms with Gasteiger partial charge in [-0.1, -0.05) is 30.3 Å². The van der Waals surface area contributed by atoms with E-state index in [1.54, 1.807) is 0 Å². The average molecular weight is 219 g/mol. The monoisotopic (exact) mass is 219 g/mol. The van der Waals surface area contributed by atoms with Crippen LogP contribution >= 0.6 is 0 Å². The fourth-order valence-electron chi connectivity index (χ4n) is 2.78. The fraction of sp³-hybridized carbons (Fsp3) is 0.538. The topological polar surface area (TPSA) is 55.3 Å². The van der Waals surface area contributed by atoms with Gasteiger partial charge in [0.25, 0.3) is 0 Å². The lowest BCUT2D eigenvalue weighted by Crippen LogP contribution is -2.49. The maximum atomic E-state index is 6.37. The van der Waals surface area contributed by atoms with Crippen LogP contribution in [-0.4, -0.2) is 31.1 Å². The summed E-state index contributed by atoms with van der Waals surface area (Å²) in [6, 6.07) is 10.6. The highest BCUT2D eigenvalue weighted by molar-refractivity contribution is 5.28. The Kier molecular flexibility index (Phi) is 3.02. The van der Waals surface area contributed by atoms with Crippen molar-refractivity contribution >= 4 is 0 Å². The molecule has 2 rings (SSSR count). The van der Waals surface area contributed by atoms with Gasteiger partial charge in [0.15, 0.2) is 0 Å². The molecule has 3 unspecified atom stereocenters. The molecule has 0 saturated carbocycles. The summed E-state index contributed by atoms with van der Waals surface area (Å²) in [5.74, 6) is 0.384. The van der Waals surface area contributed by atoms with E-state index in [0.29, 0.717) is 12.5 Å². The van der Waals surface area contributed by atoms with Gasteiger partial charge in [0.2, 0.25) is 0 Å². The number of likely N-dealkylation sites (N-methyl/N-ethyl adjacent to an activating group) is 1. The highest BCUT2D eigenvalue weighted by Gasteiger charge is 2.47. The fourth-order valence-corrected chi connectivity index (χ4v) is 2.78. The zero-order valence-corrected chi connectivity index (χ0v) is 10.1. The lowest BCUT2D eigenvalue weighted by atomic mass is 9.82. The molecule has 1 aliphatic heterocycles. The first-order chi connectivity index (χ1) is 7.60. The molecular weight excluding hydrogens is 198 g/mol. The Hall–Kier alpha value is -0.900. The average Bonchev–Trinajstić information content (AvgIpc) is 2.55. The van der Waals surface area contributed by atoms with E-state index in [1.165, 1.54) is 5.56 Å². The number of rotatable bonds is 2. The Balaban J connectivity index is 2.38. The second-order valence-corrected chi connectivity index (χ2v) is 4.92. The van der Waals surface area contributed by atoms with E-state index >= 15 is 0 Å². The van der Waals surface area contributed by atoms with Crippen LogP contribution in [0.4, 0.5) is 0 Å². The van der Waals surface area contributed by atoms with Crippen molar-refractivity contribution in [3.8, 4) is 0 Å². The normalized spacial score (nSPS) is 35.5. The molecule has 1 aromatic rings. The second-order valence-electron chi connectivity index (χ2n) is 4.92. The highest BCUT2D eigenvalue weighted by Crippen LogP contribution is 2.38. The molecule has 1 aromatic carbocycles. The van der Waals surface area contributed by atoms with E-state index in [-0.39, 0.29) is 11.6 Å². The van der Waals surface area contributed by atoms with Crippen LogP contribution in [-0.2, 0) is 5.54 Å². The van der Waals surface area contributed by atoms with Crippen molar-refractivity contribution in [2.24, 2.45) is 17.4 Å². The lowest BCUT2D eigenvalue weighted by molar-refractivity contribution is 0.181. The lowest BCUT2D eigenvalue weighted by Gasteiger charge is -2.36. The van der Waals surface area contributed by atoms with Crippen molar-refractivity contribution in [3.05, 3.63) is 35.9 Å². The minimum absolute atomic E-state index is 0.0920. The van der Waals surface area contributed by atoms with Crippen LogP contribution in [0.2, 0.25) is 0 Å². The van der Waals surface area contributed by atoms with Crippen LogP contribution in [0.25, 0.3) is 0 Å². The standard InChI is InChI=1S/C13H21N3/c1-13(11-6-4-3-5-7-11)12(15)10(8-14)9-16(13)2/h3-7,10,12H,8-9,14-15H2,1-2H3. The maximum Gasteiger partial charge on any atom is 0.0585 e. The van der Waals surface area contributed by atoms with Crippen molar-refractivity contribution in [2.75, 3.05) is 20.1 Å². The van der Waals surface area contributed by atoms with Gasteiger partial charge in [-0.05, 0) is 26.1 Å².